The summed E-state index contributed by atoms with van der Waals surface area (Å²) >= 11 is 0. The van der Waals surface area contributed by atoms with Crippen molar-refractivity contribution in [3.8, 4) is 0 Å². The number of carbonyl (C=O) groups excluding carboxylic acids is 3. The number of benzene rings is 1. The van der Waals surface area contributed by atoms with Gasteiger partial charge in [-0.15, -0.1) is 0 Å². The number of urea groups is 1. The summed E-state index contributed by atoms with van der Waals surface area (Å²) < 4.78 is 0. The molecule has 2 rings (SSSR count). The van der Waals surface area contributed by atoms with Gasteiger partial charge in [0.15, 0.2) is 0 Å². The van der Waals surface area contributed by atoms with Crippen LogP contribution in [-0.4, -0.2) is 37.0 Å². The quantitative estimate of drug-likeness (QED) is 0.574. The van der Waals surface area contributed by atoms with Crippen LogP contribution < -0.4 is 27.0 Å². The molecule has 1 saturated heterocycles. The SMILES string of the molecule is NC(=O)CC(N)C(=O)Nc1ccc(N2CCNC2=O)cc1. The van der Waals surface area contributed by atoms with Gasteiger partial charge in [-0.3, -0.25) is 14.5 Å². The Morgan fingerprint density at radius 1 is 1.33 bits per heavy atom. The van der Waals surface area contributed by atoms with Gasteiger partial charge in [0.1, 0.15) is 0 Å². The normalized spacial score (nSPS) is 15.5. The van der Waals surface area contributed by atoms with Crippen molar-refractivity contribution in [1.29, 1.82) is 0 Å². The molecule has 21 heavy (non-hydrogen) atoms. The fourth-order valence-electron chi connectivity index (χ4n) is 1.99. The molecule has 1 unspecified atom stereocenters. The third-order valence-corrected chi connectivity index (χ3v) is 3.06. The van der Waals surface area contributed by atoms with Crippen molar-refractivity contribution >= 4 is 29.2 Å². The second-order valence-electron chi connectivity index (χ2n) is 4.70. The Labute approximate surface area is 121 Å². The molecule has 1 aliphatic rings. The molecule has 8 heteroatoms. The Balaban J connectivity index is 1.97. The molecule has 6 N–H and O–H groups in total. The molecule has 4 amide bonds. The Hall–Kier alpha value is -2.61. The van der Waals surface area contributed by atoms with E-state index < -0.39 is 17.9 Å². The molecule has 0 aromatic heterocycles. The third kappa shape index (κ3) is 3.69. The molecule has 1 aromatic carbocycles. The highest BCUT2D eigenvalue weighted by Gasteiger charge is 2.21. The van der Waals surface area contributed by atoms with Gasteiger partial charge in [0.25, 0.3) is 0 Å². The van der Waals surface area contributed by atoms with E-state index in [1.54, 1.807) is 29.2 Å². The number of anilines is 2. The monoisotopic (exact) mass is 291 g/mol. The first-order valence-electron chi connectivity index (χ1n) is 6.47. The van der Waals surface area contributed by atoms with Crippen LogP contribution in [-0.2, 0) is 9.59 Å². The van der Waals surface area contributed by atoms with Gasteiger partial charge in [-0.2, -0.15) is 0 Å². The fraction of sp³-hybridized carbons (Fsp3) is 0.308. The molecule has 1 fully saturated rings. The minimum Gasteiger partial charge on any atom is -0.370 e. The van der Waals surface area contributed by atoms with E-state index in [-0.39, 0.29) is 12.5 Å². The second-order valence-corrected chi connectivity index (χ2v) is 4.70. The first kappa shape index (κ1) is 14.8. The number of nitrogens with two attached hydrogens (primary N) is 2. The summed E-state index contributed by atoms with van der Waals surface area (Å²) in [4.78, 5) is 35.5. The summed E-state index contributed by atoms with van der Waals surface area (Å²) in [6, 6.07) is 5.65. The Morgan fingerprint density at radius 2 is 2.00 bits per heavy atom. The average Bonchev–Trinajstić information content (AvgIpc) is 2.85. The first-order valence-corrected chi connectivity index (χ1v) is 6.47. The van der Waals surface area contributed by atoms with E-state index in [2.05, 4.69) is 10.6 Å². The first-order chi connectivity index (χ1) is 9.97. The van der Waals surface area contributed by atoms with Crippen molar-refractivity contribution in [2.45, 2.75) is 12.5 Å². The van der Waals surface area contributed by atoms with E-state index in [1.807, 2.05) is 0 Å². The Kier molecular flexibility index (Phi) is 4.39. The fourth-order valence-corrected chi connectivity index (χ4v) is 1.99. The number of nitrogens with one attached hydrogen (secondary N) is 2. The van der Waals surface area contributed by atoms with Crippen LogP contribution in [0, 0.1) is 0 Å². The van der Waals surface area contributed by atoms with Crippen LogP contribution in [0.3, 0.4) is 0 Å². The van der Waals surface area contributed by atoms with Gasteiger partial charge in [0.05, 0.1) is 12.5 Å². The maximum Gasteiger partial charge on any atom is 0.321 e. The molecule has 0 saturated carbocycles. The molecule has 1 aliphatic heterocycles. The van der Waals surface area contributed by atoms with Crippen LogP contribution in [0.15, 0.2) is 24.3 Å². The molecule has 8 nitrogen and oxygen atoms in total. The minimum absolute atomic E-state index is 0.143. The summed E-state index contributed by atoms with van der Waals surface area (Å²) in [5.74, 6) is -1.12. The highest BCUT2D eigenvalue weighted by atomic mass is 16.2. The zero-order chi connectivity index (χ0) is 15.4. The highest BCUT2D eigenvalue weighted by molar-refractivity contribution is 5.98. The number of hydrogen-bond acceptors (Lipinski definition) is 4. The molecular weight excluding hydrogens is 274 g/mol. The van der Waals surface area contributed by atoms with Gasteiger partial charge in [-0.1, -0.05) is 0 Å². The molecule has 1 heterocycles. The molecule has 1 atom stereocenters. The maximum absolute atomic E-state index is 11.7. The lowest BCUT2D eigenvalue weighted by atomic mass is 10.2. The lowest BCUT2D eigenvalue weighted by molar-refractivity contribution is -0.123. The molecule has 0 radical (unpaired) electrons. The van der Waals surface area contributed by atoms with E-state index in [9.17, 15) is 14.4 Å². The van der Waals surface area contributed by atoms with Crippen molar-refractivity contribution in [1.82, 2.24) is 5.32 Å². The molecule has 0 bridgehead atoms. The molecule has 0 spiro atoms. The van der Waals surface area contributed by atoms with Gasteiger partial charge in [-0.05, 0) is 24.3 Å². The Bertz CT molecular complexity index is 557. The number of amides is 4. The summed E-state index contributed by atoms with van der Waals surface area (Å²) in [7, 11) is 0. The van der Waals surface area contributed by atoms with Crippen LogP contribution >= 0.6 is 0 Å². The standard InChI is InChI=1S/C13H17N5O3/c14-10(7-11(15)19)12(20)17-8-1-3-9(4-2-8)18-6-5-16-13(18)21/h1-4,10H,5-7,14H2,(H2,15,19)(H,16,21)(H,17,20). The second kappa shape index (κ2) is 6.23. The van der Waals surface area contributed by atoms with E-state index in [1.165, 1.54) is 0 Å². The predicted octanol–water partition coefficient (Wildman–Crippen LogP) is -0.643. The average molecular weight is 291 g/mol. The summed E-state index contributed by atoms with van der Waals surface area (Å²) in [6.07, 6.45) is -0.210. The summed E-state index contributed by atoms with van der Waals surface area (Å²) in [6.45, 7) is 1.22. The third-order valence-electron chi connectivity index (χ3n) is 3.06. The van der Waals surface area contributed by atoms with Crippen molar-refractivity contribution in [3.63, 3.8) is 0 Å². The van der Waals surface area contributed by atoms with Crippen LogP contribution in [0.5, 0.6) is 0 Å². The van der Waals surface area contributed by atoms with Crippen LogP contribution in [0.25, 0.3) is 0 Å². The van der Waals surface area contributed by atoms with Crippen molar-refractivity contribution in [2.75, 3.05) is 23.3 Å². The van der Waals surface area contributed by atoms with E-state index in [0.717, 1.165) is 5.69 Å². The van der Waals surface area contributed by atoms with E-state index in [4.69, 9.17) is 11.5 Å². The van der Waals surface area contributed by atoms with Gasteiger partial charge in [0.2, 0.25) is 11.8 Å². The van der Waals surface area contributed by atoms with Crippen LogP contribution in [0.4, 0.5) is 16.2 Å². The zero-order valence-corrected chi connectivity index (χ0v) is 11.3. The van der Waals surface area contributed by atoms with E-state index in [0.29, 0.717) is 18.8 Å². The molecule has 1 aromatic rings. The van der Waals surface area contributed by atoms with Crippen LogP contribution in [0.1, 0.15) is 6.42 Å². The van der Waals surface area contributed by atoms with E-state index >= 15 is 0 Å². The summed E-state index contributed by atoms with van der Waals surface area (Å²) in [5.41, 5.74) is 11.8. The van der Waals surface area contributed by atoms with Crippen molar-refractivity contribution in [2.24, 2.45) is 11.5 Å². The molecule has 0 aliphatic carbocycles. The number of carbonyl (C=O) groups is 3. The van der Waals surface area contributed by atoms with Gasteiger partial charge < -0.3 is 22.1 Å². The highest BCUT2D eigenvalue weighted by Crippen LogP contribution is 2.19. The van der Waals surface area contributed by atoms with Crippen LogP contribution in [0.2, 0.25) is 0 Å². The predicted molar refractivity (Wildman–Crippen MR) is 77.6 cm³/mol. The molecule has 112 valence electrons. The molecular formula is C13H17N5O3. The van der Waals surface area contributed by atoms with Crippen molar-refractivity contribution in [3.05, 3.63) is 24.3 Å². The largest absolute Gasteiger partial charge is 0.370 e. The summed E-state index contributed by atoms with van der Waals surface area (Å²) in [5, 5.41) is 5.29. The Morgan fingerprint density at radius 3 is 2.52 bits per heavy atom. The van der Waals surface area contributed by atoms with Crippen molar-refractivity contribution < 1.29 is 14.4 Å². The number of primary amides is 1. The van der Waals surface area contributed by atoms with Gasteiger partial charge in [0, 0.05) is 24.5 Å². The maximum atomic E-state index is 11.7. The number of hydrogen-bond donors (Lipinski definition) is 4. The lowest BCUT2D eigenvalue weighted by Gasteiger charge is -2.15. The topological polar surface area (TPSA) is 131 Å². The smallest absolute Gasteiger partial charge is 0.321 e. The van der Waals surface area contributed by atoms with Gasteiger partial charge in [-0.25, -0.2) is 4.79 Å². The minimum atomic E-state index is -0.980. The van der Waals surface area contributed by atoms with Gasteiger partial charge >= 0.3 is 6.03 Å². The zero-order valence-electron chi connectivity index (χ0n) is 11.3. The number of rotatable bonds is 5. The lowest BCUT2D eigenvalue weighted by Crippen LogP contribution is -2.39. The number of nitrogens with zero attached hydrogens (tertiary/aromatic N) is 1.